The number of likely N-dealkylation sites (tertiary alicyclic amines) is 1. The number of nitrogens with two attached hydrogens (primary N) is 1. The van der Waals surface area contributed by atoms with E-state index >= 15 is 0 Å². The molecule has 2 atom stereocenters. The SMILES string of the molecule is CCCN1CCC(C(C)NC(C)CC(N)=O)CC1. The van der Waals surface area contributed by atoms with E-state index in [2.05, 4.69) is 24.1 Å². The standard InChI is InChI=1S/C14H29N3O/c1-4-7-17-8-5-13(6-9-17)12(3)16-11(2)10-14(15)18/h11-13,16H,4-10H2,1-3H3,(H2,15,18). The van der Waals surface area contributed by atoms with Crippen LogP contribution >= 0.6 is 0 Å². The van der Waals surface area contributed by atoms with Crippen LogP contribution in [0.2, 0.25) is 0 Å². The summed E-state index contributed by atoms with van der Waals surface area (Å²) >= 11 is 0. The van der Waals surface area contributed by atoms with Crippen molar-refractivity contribution in [2.24, 2.45) is 11.7 Å². The van der Waals surface area contributed by atoms with Crippen molar-refractivity contribution in [1.29, 1.82) is 0 Å². The molecule has 1 fully saturated rings. The minimum absolute atomic E-state index is 0.186. The zero-order chi connectivity index (χ0) is 13.5. The molecule has 0 radical (unpaired) electrons. The molecule has 18 heavy (non-hydrogen) atoms. The van der Waals surface area contributed by atoms with Gasteiger partial charge in [0.15, 0.2) is 0 Å². The lowest BCUT2D eigenvalue weighted by molar-refractivity contribution is -0.118. The summed E-state index contributed by atoms with van der Waals surface area (Å²) in [5.41, 5.74) is 5.21. The Hall–Kier alpha value is -0.610. The summed E-state index contributed by atoms with van der Waals surface area (Å²) in [5, 5.41) is 3.51. The van der Waals surface area contributed by atoms with E-state index in [0.29, 0.717) is 12.5 Å². The number of nitrogens with zero attached hydrogens (tertiary/aromatic N) is 1. The number of carbonyl (C=O) groups excluding carboxylic acids is 1. The van der Waals surface area contributed by atoms with Crippen LogP contribution in [-0.2, 0) is 4.79 Å². The van der Waals surface area contributed by atoms with Crippen LogP contribution in [0.5, 0.6) is 0 Å². The van der Waals surface area contributed by atoms with Crippen LogP contribution in [0.3, 0.4) is 0 Å². The molecule has 4 nitrogen and oxygen atoms in total. The molecule has 1 saturated heterocycles. The zero-order valence-electron chi connectivity index (χ0n) is 12.1. The van der Waals surface area contributed by atoms with Crippen molar-refractivity contribution in [3.63, 3.8) is 0 Å². The number of hydrogen-bond acceptors (Lipinski definition) is 3. The highest BCUT2D eigenvalue weighted by atomic mass is 16.1. The number of primary amides is 1. The zero-order valence-corrected chi connectivity index (χ0v) is 12.1. The Bertz CT molecular complexity index is 249. The molecule has 0 aromatic carbocycles. The lowest BCUT2D eigenvalue weighted by Gasteiger charge is -2.36. The minimum atomic E-state index is -0.222. The smallest absolute Gasteiger partial charge is 0.218 e. The van der Waals surface area contributed by atoms with E-state index < -0.39 is 0 Å². The third-order valence-corrected chi connectivity index (χ3v) is 3.93. The molecule has 2 unspecified atom stereocenters. The lowest BCUT2D eigenvalue weighted by Crippen LogP contribution is -2.45. The van der Waals surface area contributed by atoms with Crippen molar-refractivity contribution >= 4 is 5.91 Å². The van der Waals surface area contributed by atoms with Crippen LogP contribution in [0.25, 0.3) is 0 Å². The van der Waals surface area contributed by atoms with Crippen LogP contribution in [0, 0.1) is 5.92 Å². The van der Waals surface area contributed by atoms with Gasteiger partial charge in [0, 0.05) is 18.5 Å². The summed E-state index contributed by atoms with van der Waals surface area (Å²) in [6, 6.07) is 0.661. The molecule has 3 N–H and O–H groups in total. The second kappa shape index (κ2) is 7.74. The molecule has 4 heteroatoms. The van der Waals surface area contributed by atoms with Gasteiger partial charge in [-0.15, -0.1) is 0 Å². The second-order valence-corrected chi connectivity index (χ2v) is 5.71. The highest BCUT2D eigenvalue weighted by Gasteiger charge is 2.24. The van der Waals surface area contributed by atoms with Crippen molar-refractivity contribution in [2.45, 2.75) is 58.5 Å². The van der Waals surface area contributed by atoms with E-state index in [1.165, 1.54) is 38.9 Å². The molecule has 0 bridgehead atoms. The molecular formula is C14H29N3O. The fourth-order valence-electron chi connectivity index (χ4n) is 2.94. The third kappa shape index (κ3) is 5.36. The van der Waals surface area contributed by atoms with Gasteiger partial charge in [-0.1, -0.05) is 6.92 Å². The molecule has 1 rings (SSSR count). The van der Waals surface area contributed by atoms with E-state index in [1.54, 1.807) is 0 Å². The second-order valence-electron chi connectivity index (χ2n) is 5.71. The van der Waals surface area contributed by atoms with Crippen LogP contribution in [-0.4, -0.2) is 42.5 Å². The normalized spacial score (nSPS) is 21.7. The lowest BCUT2D eigenvalue weighted by atomic mass is 9.89. The van der Waals surface area contributed by atoms with Gasteiger partial charge in [-0.25, -0.2) is 0 Å². The maximum Gasteiger partial charge on any atom is 0.218 e. The quantitative estimate of drug-likeness (QED) is 0.722. The Balaban J connectivity index is 2.27. The summed E-state index contributed by atoms with van der Waals surface area (Å²) in [4.78, 5) is 13.4. The minimum Gasteiger partial charge on any atom is -0.370 e. The Kier molecular flexibility index (Phi) is 6.65. The van der Waals surface area contributed by atoms with Crippen LogP contribution in [0.4, 0.5) is 0 Å². The van der Waals surface area contributed by atoms with E-state index in [0.717, 1.165) is 5.92 Å². The molecule has 0 spiro atoms. The fraction of sp³-hybridized carbons (Fsp3) is 0.929. The largest absolute Gasteiger partial charge is 0.370 e. The third-order valence-electron chi connectivity index (χ3n) is 3.93. The van der Waals surface area contributed by atoms with Gasteiger partial charge in [0.05, 0.1) is 0 Å². The van der Waals surface area contributed by atoms with Crippen molar-refractivity contribution in [3.05, 3.63) is 0 Å². The number of carbonyl (C=O) groups is 1. The molecule has 0 aromatic heterocycles. The molecule has 1 aliphatic heterocycles. The average Bonchev–Trinajstić information content (AvgIpc) is 2.29. The molecule has 0 aromatic rings. The van der Waals surface area contributed by atoms with Gasteiger partial charge in [-0.05, 0) is 58.7 Å². The Labute approximate surface area is 111 Å². The first-order valence-electron chi connectivity index (χ1n) is 7.29. The summed E-state index contributed by atoms with van der Waals surface area (Å²) < 4.78 is 0. The molecule has 0 saturated carbocycles. The van der Waals surface area contributed by atoms with Gasteiger partial charge in [-0.2, -0.15) is 0 Å². The van der Waals surface area contributed by atoms with Gasteiger partial charge in [-0.3, -0.25) is 4.79 Å². The van der Waals surface area contributed by atoms with Crippen LogP contribution in [0.1, 0.15) is 46.5 Å². The van der Waals surface area contributed by atoms with Crippen LogP contribution in [0.15, 0.2) is 0 Å². The van der Waals surface area contributed by atoms with Crippen LogP contribution < -0.4 is 11.1 Å². The topological polar surface area (TPSA) is 58.4 Å². The summed E-state index contributed by atoms with van der Waals surface area (Å²) in [7, 11) is 0. The van der Waals surface area contributed by atoms with E-state index in [1.807, 2.05) is 6.92 Å². The Morgan fingerprint density at radius 2 is 2.00 bits per heavy atom. The first-order chi connectivity index (χ1) is 8.52. The first-order valence-corrected chi connectivity index (χ1v) is 7.29. The van der Waals surface area contributed by atoms with Crippen molar-refractivity contribution in [1.82, 2.24) is 10.2 Å². The monoisotopic (exact) mass is 255 g/mol. The maximum atomic E-state index is 10.9. The van der Waals surface area contributed by atoms with Gasteiger partial charge in [0.2, 0.25) is 5.91 Å². The highest BCUT2D eigenvalue weighted by Crippen LogP contribution is 2.21. The summed E-state index contributed by atoms with van der Waals surface area (Å²) in [5.74, 6) is 0.508. The van der Waals surface area contributed by atoms with Crippen molar-refractivity contribution < 1.29 is 4.79 Å². The van der Waals surface area contributed by atoms with Crippen molar-refractivity contribution in [3.8, 4) is 0 Å². The first kappa shape index (κ1) is 15.4. The van der Waals surface area contributed by atoms with Gasteiger partial charge >= 0.3 is 0 Å². The molecule has 0 aliphatic carbocycles. The predicted molar refractivity (Wildman–Crippen MR) is 75.3 cm³/mol. The van der Waals surface area contributed by atoms with E-state index in [4.69, 9.17) is 5.73 Å². The number of rotatable bonds is 7. The Morgan fingerprint density at radius 1 is 1.39 bits per heavy atom. The fourth-order valence-corrected chi connectivity index (χ4v) is 2.94. The number of amides is 1. The molecule has 106 valence electrons. The molecule has 1 heterocycles. The average molecular weight is 255 g/mol. The number of nitrogens with one attached hydrogen (secondary N) is 1. The van der Waals surface area contributed by atoms with Crippen molar-refractivity contribution in [2.75, 3.05) is 19.6 Å². The highest BCUT2D eigenvalue weighted by molar-refractivity contribution is 5.74. The van der Waals surface area contributed by atoms with E-state index in [-0.39, 0.29) is 11.9 Å². The summed E-state index contributed by atoms with van der Waals surface area (Å²) in [6.45, 7) is 10.2. The van der Waals surface area contributed by atoms with Gasteiger partial charge in [0.1, 0.15) is 0 Å². The molecule has 1 aliphatic rings. The Morgan fingerprint density at radius 3 is 2.50 bits per heavy atom. The summed E-state index contributed by atoms with van der Waals surface area (Å²) in [6.07, 6.45) is 4.20. The number of hydrogen-bond donors (Lipinski definition) is 2. The van der Waals surface area contributed by atoms with Gasteiger partial charge < -0.3 is 16.0 Å². The van der Waals surface area contributed by atoms with E-state index in [9.17, 15) is 4.79 Å². The number of piperidine rings is 1. The maximum absolute atomic E-state index is 10.9. The molecule has 1 amide bonds. The predicted octanol–water partition coefficient (Wildman–Crippen LogP) is 1.35. The molecular weight excluding hydrogens is 226 g/mol. The van der Waals surface area contributed by atoms with Gasteiger partial charge in [0.25, 0.3) is 0 Å².